The molecule has 0 atom stereocenters. The Bertz CT molecular complexity index is 682. The maximum absolute atomic E-state index is 3.47. The van der Waals surface area contributed by atoms with Crippen LogP contribution in [0.1, 0.15) is 23.3 Å². The van der Waals surface area contributed by atoms with E-state index in [0.29, 0.717) is 0 Å². The Hall–Kier alpha value is -1.55. The van der Waals surface area contributed by atoms with Crippen molar-refractivity contribution >= 4 is 28.9 Å². The van der Waals surface area contributed by atoms with Crippen LogP contribution in [-0.2, 0) is 6.42 Å². The second-order valence-electron chi connectivity index (χ2n) is 5.37. The van der Waals surface area contributed by atoms with Crippen LogP contribution in [-0.4, -0.2) is 6.54 Å². The van der Waals surface area contributed by atoms with E-state index in [0.717, 1.165) is 25.8 Å². The molecule has 1 nitrogen and oxygen atoms in total. The maximum atomic E-state index is 3.47. The van der Waals surface area contributed by atoms with Gasteiger partial charge in [-0.15, -0.1) is 11.3 Å². The molecule has 0 bridgehead atoms. The summed E-state index contributed by atoms with van der Waals surface area (Å²) in [6, 6.07) is 15.0. The fourth-order valence-electron chi connectivity index (χ4n) is 2.50. The van der Waals surface area contributed by atoms with Gasteiger partial charge in [-0.3, -0.25) is 4.72 Å². The summed E-state index contributed by atoms with van der Waals surface area (Å²) < 4.78 is 3.47. The number of nitrogens with one attached hydrogen (secondary N) is 1. The Balaban J connectivity index is 1.49. The molecule has 0 saturated carbocycles. The van der Waals surface area contributed by atoms with Crippen LogP contribution >= 0.6 is 23.3 Å². The molecule has 0 radical (unpaired) electrons. The average Bonchev–Trinajstić information content (AvgIpc) is 3.07. The van der Waals surface area contributed by atoms with Crippen LogP contribution in [0.25, 0.3) is 5.57 Å². The summed E-state index contributed by atoms with van der Waals surface area (Å²) in [5, 5.41) is 2.14. The number of thiophene rings is 1. The lowest BCUT2D eigenvalue weighted by molar-refractivity contribution is 0.925. The van der Waals surface area contributed by atoms with Crippen molar-refractivity contribution < 1.29 is 0 Å². The first kappa shape index (κ1) is 16.3. The molecule has 1 aliphatic carbocycles. The summed E-state index contributed by atoms with van der Waals surface area (Å²) in [5.41, 5.74) is 2.74. The van der Waals surface area contributed by atoms with Crippen molar-refractivity contribution in [1.29, 1.82) is 0 Å². The molecule has 0 amide bonds. The summed E-state index contributed by atoms with van der Waals surface area (Å²) in [7, 11) is 0. The van der Waals surface area contributed by atoms with Gasteiger partial charge in [-0.1, -0.05) is 60.7 Å². The van der Waals surface area contributed by atoms with Crippen LogP contribution in [0, 0.1) is 0 Å². The van der Waals surface area contributed by atoms with Crippen LogP contribution in [0.4, 0.5) is 0 Å². The minimum atomic E-state index is 0.990. The molecule has 0 spiro atoms. The molecule has 1 heterocycles. The molecular formula is C20H21NS2. The molecule has 0 aliphatic heterocycles. The summed E-state index contributed by atoms with van der Waals surface area (Å²) in [6.07, 6.45) is 12.2. The summed E-state index contributed by atoms with van der Waals surface area (Å²) in [5.74, 6) is 0. The first-order chi connectivity index (χ1) is 11.4. The van der Waals surface area contributed by atoms with Crippen LogP contribution < -0.4 is 4.72 Å². The second kappa shape index (κ2) is 8.92. The normalized spacial score (nSPS) is 19.3. The van der Waals surface area contributed by atoms with Gasteiger partial charge < -0.3 is 0 Å². The van der Waals surface area contributed by atoms with Crippen LogP contribution in [0.15, 0.2) is 77.1 Å². The van der Waals surface area contributed by atoms with Crippen LogP contribution in [0.3, 0.4) is 0 Å². The molecular weight excluding hydrogens is 318 g/mol. The Morgan fingerprint density at radius 2 is 1.96 bits per heavy atom. The molecule has 0 saturated heterocycles. The van der Waals surface area contributed by atoms with E-state index in [9.17, 15) is 0 Å². The SMILES string of the molecule is C1=C/C(SNCCc2cccs2)=C\C/C=C(/c2ccccc2)C1. The molecule has 1 N–H and O–H groups in total. The van der Waals surface area contributed by atoms with Gasteiger partial charge in [0.15, 0.2) is 0 Å². The summed E-state index contributed by atoms with van der Waals surface area (Å²) in [6.45, 7) is 1.00. The van der Waals surface area contributed by atoms with Gasteiger partial charge in [-0.2, -0.15) is 0 Å². The van der Waals surface area contributed by atoms with Gasteiger partial charge in [-0.05, 0) is 53.8 Å². The highest BCUT2D eigenvalue weighted by molar-refractivity contribution is 8.01. The number of rotatable bonds is 6. The topological polar surface area (TPSA) is 12.0 Å². The average molecular weight is 340 g/mol. The van der Waals surface area contributed by atoms with E-state index in [2.05, 4.69) is 76.9 Å². The molecule has 118 valence electrons. The third kappa shape index (κ3) is 5.24. The number of hydrogen-bond donors (Lipinski definition) is 1. The number of allylic oxidation sites excluding steroid dienone is 5. The predicted molar refractivity (Wildman–Crippen MR) is 104 cm³/mol. The second-order valence-corrected chi connectivity index (χ2v) is 7.37. The van der Waals surface area contributed by atoms with E-state index >= 15 is 0 Å². The third-order valence-corrected chi connectivity index (χ3v) is 5.51. The largest absolute Gasteiger partial charge is 0.260 e. The molecule has 1 aromatic carbocycles. The van der Waals surface area contributed by atoms with Crippen molar-refractivity contribution in [2.24, 2.45) is 0 Å². The van der Waals surface area contributed by atoms with Crippen LogP contribution in [0.2, 0.25) is 0 Å². The molecule has 0 fully saturated rings. The standard InChI is InChI=1S/C20H21NS2/c1-2-7-17(8-3-1)18-9-4-11-20(12-5-10-18)23-21-15-14-19-13-6-16-22-19/h1-4,6-8,10-13,16,21H,5,9,14-15H2/b11-4?,18-10+,20-12+. The van der Waals surface area contributed by atoms with Crippen molar-refractivity contribution in [3.05, 3.63) is 87.5 Å². The lowest BCUT2D eigenvalue weighted by Crippen LogP contribution is -2.07. The van der Waals surface area contributed by atoms with Crippen molar-refractivity contribution in [2.75, 3.05) is 6.54 Å². The van der Waals surface area contributed by atoms with E-state index in [1.165, 1.54) is 20.9 Å². The first-order valence-corrected chi connectivity index (χ1v) is 9.65. The molecule has 1 aromatic heterocycles. The van der Waals surface area contributed by atoms with Crippen molar-refractivity contribution in [3.63, 3.8) is 0 Å². The van der Waals surface area contributed by atoms with E-state index < -0.39 is 0 Å². The van der Waals surface area contributed by atoms with Gasteiger partial charge in [-0.25, -0.2) is 0 Å². The quantitative estimate of drug-likeness (QED) is 0.523. The molecule has 1 aliphatic rings. The van der Waals surface area contributed by atoms with Crippen molar-refractivity contribution in [1.82, 2.24) is 4.72 Å². The molecule has 3 rings (SSSR count). The number of hydrogen-bond acceptors (Lipinski definition) is 3. The fourth-order valence-corrected chi connectivity index (χ4v) is 3.92. The minimum Gasteiger partial charge on any atom is -0.260 e. The zero-order valence-electron chi connectivity index (χ0n) is 13.1. The van der Waals surface area contributed by atoms with Gasteiger partial charge >= 0.3 is 0 Å². The molecule has 2 aromatic rings. The zero-order chi connectivity index (χ0) is 15.7. The van der Waals surface area contributed by atoms with Gasteiger partial charge in [0.2, 0.25) is 0 Å². The highest BCUT2D eigenvalue weighted by Gasteiger charge is 2.02. The van der Waals surface area contributed by atoms with Gasteiger partial charge in [0.05, 0.1) is 0 Å². The van der Waals surface area contributed by atoms with Crippen molar-refractivity contribution in [3.8, 4) is 0 Å². The van der Waals surface area contributed by atoms with Gasteiger partial charge in [0.1, 0.15) is 0 Å². The summed E-state index contributed by atoms with van der Waals surface area (Å²) in [4.78, 5) is 2.75. The smallest absolute Gasteiger partial charge is 0.0188 e. The Morgan fingerprint density at radius 3 is 2.78 bits per heavy atom. The predicted octanol–water partition coefficient (Wildman–Crippen LogP) is 5.85. The van der Waals surface area contributed by atoms with Gasteiger partial charge in [0, 0.05) is 16.3 Å². The highest BCUT2D eigenvalue weighted by Crippen LogP contribution is 2.24. The Kier molecular flexibility index (Phi) is 6.33. The van der Waals surface area contributed by atoms with E-state index in [-0.39, 0.29) is 0 Å². The molecule has 23 heavy (non-hydrogen) atoms. The lowest BCUT2D eigenvalue weighted by atomic mass is 10.0. The number of benzene rings is 1. The van der Waals surface area contributed by atoms with E-state index in [4.69, 9.17) is 0 Å². The highest BCUT2D eigenvalue weighted by atomic mass is 32.2. The Labute approximate surface area is 147 Å². The summed E-state index contributed by atoms with van der Waals surface area (Å²) >= 11 is 3.57. The molecule has 3 heteroatoms. The zero-order valence-corrected chi connectivity index (χ0v) is 14.7. The van der Waals surface area contributed by atoms with E-state index in [1.54, 1.807) is 11.9 Å². The lowest BCUT2D eigenvalue weighted by Gasteiger charge is -2.09. The molecule has 0 unspecified atom stereocenters. The third-order valence-electron chi connectivity index (χ3n) is 3.69. The van der Waals surface area contributed by atoms with E-state index in [1.807, 2.05) is 11.3 Å². The minimum absolute atomic E-state index is 0.990. The van der Waals surface area contributed by atoms with Crippen molar-refractivity contribution in [2.45, 2.75) is 19.3 Å². The van der Waals surface area contributed by atoms with Crippen LogP contribution in [0.5, 0.6) is 0 Å². The van der Waals surface area contributed by atoms with Gasteiger partial charge in [0.25, 0.3) is 0 Å². The fraction of sp³-hybridized carbons (Fsp3) is 0.200. The maximum Gasteiger partial charge on any atom is 0.0188 e. The first-order valence-electron chi connectivity index (χ1n) is 7.95. The monoisotopic (exact) mass is 339 g/mol. The Morgan fingerprint density at radius 1 is 1.04 bits per heavy atom.